The summed E-state index contributed by atoms with van der Waals surface area (Å²) in [5, 5.41) is 3.68. The second-order valence-electron chi connectivity index (χ2n) is 7.90. The highest BCUT2D eigenvalue weighted by atomic mass is 16.6. The molecule has 126 valence electrons. The van der Waals surface area contributed by atoms with Crippen LogP contribution in [0.15, 0.2) is 24.3 Å². The van der Waals surface area contributed by atoms with Crippen LogP contribution in [0.2, 0.25) is 0 Å². The molecule has 2 aliphatic heterocycles. The molecule has 0 aliphatic carbocycles. The maximum atomic E-state index is 12.5. The molecule has 1 aromatic rings. The number of fused-ring (bicyclic) bond motifs is 2. The van der Waals surface area contributed by atoms with Gasteiger partial charge in [-0.1, -0.05) is 18.2 Å². The van der Waals surface area contributed by atoms with Crippen LogP contribution in [0.1, 0.15) is 52.0 Å². The van der Waals surface area contributed by atoms with Gasteiger partial charge in [0.15, 0.2) is 0 Å². The molecule has 2 heterocycles. The van der Waals surface area contributed by atoms with E-state index in [9.17, 15) is 4.79 Å². The highest BCUT2D eigenvalue weighted by Gasteiger charge is 2.44. The zero-order valence-electron chi connectivity index (χ0n) is 14.6. The molecule has 2 aliphatic rings. The third kappa shape index (κ3) is 3.62. The fourth-order valence-corrected chi connectivity index (χ4v) is 3.86. The van der Waals surface area contributed by atoms with E-state index in [1.54, 1.807) is 0 Å². The van der Waals surface area contributed by atoms with Crippen LogP contribution < -0.4 is 5.32 Å². The monoisotopic (exact) mass is 316 g/mol. The first kappa shape index (κ1) is 16.2. The van der Waals surface area contributed by atoms with Crippen molar-refractivity contribution in [3.63, 3.8) is 0 Å². The standard InChI is InChI=1S/C19H28N2O2/c1-13-7-5-6-8-17(13)20-14-11-15-9-10-16(12-14)21(15)18(22)23-19(2,3)4/h5-8,14-16,20H,9-12H2,1-4H3. The second-order valence-corrected chi connectivity index (χ2v) is 7.90. The highest BCUT2D eigenvalue weighted by molar-refractivity contribution is 5.69. The lowest BCUT2D eigenvalue weighted by Crippen LogP contribution is -2.51. The first-order valence-electron chi connectivity index (χ1n) is 8.67. The lowest BCUT2D eigenvalue weighted by Gasteiger charge is -2.40. The van der Waals surface area contributed by atoms with Crippen LogP contribution in [0, 0.1) is 6.92 Å². The molecule has 2 saturated heterocycles. The van der Waals surface area contributed by atoms with Crippen molar-refractivity contribution in [1.82, 2.24) is 4.90 Å². The van der Waals surface area contributed by atoms with Gasteiger partial charge in [-0.25, -0.2) is 4.79 Å². The number of anilines is 1. The average Bonchev–Trinajstić information content (AvgIpc) is 2.72. The van der Waals surface area contributed by atoms with Crippen molar-refractivity contribution < 1.29 is 9.53 Å². The molecule has 0 aromatic heterocycles. The van der Waals surface area contributed by atoms with Gasteiger partial charge in [0.2, 0.25) is 0 Å². The van der Waals surface area contributed by atoms with Gasteiger partial charge in [0.25, 0.3) is 0 Å². The molecule has 4 heteroatoms. The van der Waals surface area contributed by atoms with E-state index in [1.165, 1.54) is 11.3 Å². The molecule has 2 unspecified atom stereocenters. The van der Waals surface area contributed by atoms with Crippen LogP contribution >= 0.6 is 0 Å². The Kier molecular flexibility index (Phi) is 4.26. The summed E-state index contributed by atoms with van der Waals surface area (Å²) in [4.78, 5) is 14.5. The van der Waals surface area contributed by atoms with Crippen molar-refractivity contribution in [3.05, 3.63) is 29.8 Å². The average molecular weight is 316 g/mol. The summed E-state index contributed by atoms with van der Waals surface area (Å²) in [6, 6.07) is 9.46. The van der Waals surface area contributed by atoms with Crippen LogP contribution in [-0.4, -0.2) is 34.7 Å². The minimum atomic E-state index is -0.424. The molecule has 4 nitrogen and oxygen atoms in total. The van der Waals surface area contributed by atoms with Gasteiger partial charge in [-0.2, -0.15) is 0 Å². The maximum Gasteiger partial charge on any atom is 0.410 e. The molecule has 23 heavy (non-hydrogen) atoms. The number of benzene rings is 1. The molecule has 1 N–H and O–H groups in total. The van der Waals surface area contributed by atoms with E-state index in [-0.39, 0.29) is 6.09 Å². The Morgan fingerprint density at radius 1 is 1.17 bits per heavy atom. The SMILES string of the molecule is Cc1ccccc1NC1CC2CCC(C1)N2C(=O)OC(C)(C)C. The molecule has 3 rings (SSSR count). The molecule has 0 spiro atoms. The lowest BCUT2D eigenvalue weighted by molar-refractivity contribution is 0.00683. The van der Waals surface area contributed by atoms with Gasteiger partial charge in [-0.15, -0.1) is 0 Å². The number of piperidine rings is 1. The van der Waals surface area contributed by atoms with E-state index in [0.717, 1.165) is 25.7 Å². The predicted octanol–water partition coefficient (Wildman–Crippen LogP) is 4.34. The first-order chi connectivity index (χ1) is 10.8. The van der Waals surface area contributed by atoms with E-state index >= 15 is 0 Å². The molecular formula is C19H28N2O2. The van der Waals surface area contributed by atoms with Crippen molar-refractivity contribution in [1.29, 1.82) is 0 Å². The predicted molar refractivity (Wildman–Crippen MR) is 92.7 cm³/mol. The molecule has 2 bridgehead atoms. The van der Waals surface area contributed by atoms with Crippen molar-refractivity contribution >= 4 is 11.8 Å². The summed E-state index contributed by atoms with van der Waals surface area (Å²) in [6.45, 7) is 7.92. The largest absolute Gasteiger partial charge is 0.444 e. The van der Waals surface area contributed by atoms with Crippen LogP contribution in [0.3, 0.4) is 0 Å². The van der Waals surface area contributed by atoms with E-state index < -0.39 is 5.60 Å². The van der Waals surface area contributed by atoms with Crippen LogP contribution in [-0.2, 0) is 4.74 Å². The topological polar surface area (TPSA) is 41.6 Å². The summed E-state index contributed by atoms with van der Waals surface area (Å²) < 4.78 is 5.60. The number of aryl methyl sites for hydroxylation is 1. The fraction of sp³-hybridized carbons (Fsp3) is 0.632. The van der Waals surface area contributed by atoms with Crippen LogP contribution in [0.4, 0.5) is 10.5 Å². The minimum absolute atomic E-state index is 0.139. The maximum absolute atomic E-state index is 12.5. The van der Waals surface area contributed by atoms with Crippen LogP contribution in [0.5, 0.6) is 0 Å². The van der Waals surface area contributed by atoms with E-state index in [0.29, 0.717) is 18.1 Å². The number of ether oxygens (including phenoxy) is 1. The van der Waals surface area contributed by atoms with Crippen molar-refractivity contribution in [3.8, 4) is 0 Å². The number of hydrogen-bond donors (Lipinski definition) is 1. The molecule has 0 radical (unpaired) electrons. The van der Waals surface area contributed by atoms with E-state index in [2.05, 4.69) is 36.5 Å². The molecular weight excluding hydrogens is 288 g/mol. The van der Waals surface area contributed by atoms with Crippen molar-refractivity contribution in [2.24, 2.45) is 0 Å². The Morgan fingerprint density at radius 3 is 2.35 bits per heavy atom. The number of para-hydroxylation sites is 1. The number of rotatable bonds is 2. The summed E-state index contributed by atoms with van der Waals surface area (Å²) in [7, 11) is 0. The summed E-state index contributed by atoms with van der Waals surface area (Å²) in [5.74, 6) is 0. The third-order valence-electron chi connectivity index (χ3n) is 4.84. The van der Waals surface area contributed by atoms with Gasteiger partial charge in [-0.3, -0.25) is 0 Å². The normalized spacial score (nSPS) is 27.0. The van der Waals surface area contributed by atoms with Gasteiger partial charge in [-0.05, 0) is 65.0 Å². The summed E-state index contributed by atoms with van der Waals surface area (Å²) in [5.41, 5.74) is 2.06. The van der Waals surface area contributed by atoms with E-state index in [4.69, 9.17) is 4.74 Å². The quantitative estimate of drug-likeness (QED) is 0.882. The number of amides is 1. The zero-order chi connectivity index (χ0) is 16.6. The van der Waals surface area contributed by atoms with E-state index in [1.807, 2.05) is 25.7 Å². The lowest BCUT2D eigenvalue weighted by atomic mass is 9.97. The smallest absolute Gasteiger partial charge is 0.410 e. The molecule has 1 aromatic carbocycles. The summed E-state index contributed by atoms with van der Waals surface area (Å²) in [6.07, 6.45) is 4.05. The Labute approximate surface area is 139 Å². The van der Waals surface area contributed by atoms with Crippen molar-refractivity contribution in [2.45, 2.75) is 77.1 Å². The Bertz CT molecular complexity index is 565. The number of hydrogen-bond acceptors (Lipinski definition) is 3. The van der Waals surface area contributed by atoms with Gasteiger partial charge in [0.05, 0.1) is 0 Å². The minimum Gasteiger partial charge on any atom is -0.444 e. The fourth-order valence-electron chi connectivity index (χ4n) is 3.86. The number of carbonyl (C=O) groups excluding carboxylic acids is 1. The van der Waals surface area contributed by atoms with Gasteiger partial charge < -0.3 is 15.0 Å². The Balaban J connectivity index is 1.65. The first-order valence-corrected chi connectivity index (χ1v) is 8.67. The third-order valence-corrected chi connectivity index (χ3v) is 4.84. The van der Waals surface area contributed by atoms with Crippen LogP contribution in [0.25, 0.3) is 0 Å². The zero-order valence-corrected chi connectivity index (χ0v) is 14.6. The number of nitrogens with zero attached hydrogens (tertiary/aromatic N) is 1. The van der Waals surface area contributed by atoms with Gasteiger partial charge in [0.1, 0.15) is 5.60 Å². The van der Waals surface area contributed by atoms with Gasteiger partial charge in [0, 0.05) is 23.8 Å². The second kappa shape index (κ2) is 6.06. The number of nitrogens with one attached hydrogen (secondary N) is 1. The number of carbonyl (C=O) groups is 1. The Hall–Kier alpha value is -1.71. The molecule has 1 amide bonds. The highest BCUT2D eigenvalue weighted by Crippen LogP contribution is 2.38. The molecule has 2 fully saturated rings. The summed E-state index contributed by atoms with van der Waals surface area (Å²) >= 11 is 0. The van der Waals surface area contributed by atoms with Gasteiger partial charge >= 0.3 is 6.09 Å². The molecule has 0 saturated carbocycles. The van der Waals surface area contributed by atoms with Crippen molar-refractivity contribution in [2.75, 3.05) is 5.32 Å². The Morgan fingerprint density at radius 2 is 1.78 bits per heavy atom. The molecule has 2 atom stereocenters.